The standard InChI is InChI=1S/C30H17Br2ClN4O3/c31-21-13-20(28(24(32)14-21)40-30(39)18-9-11-22(33)12-10-18)16-35-37-29(38)27-25(17-5-2-1-3-6-17)23-8-4-7-19(15-34)26(23)36-27/h1-14,16,36H,(H,37,38). The van der Waals surface area contributed by atoms with Gasteiger partial charge in [0.25, 0.3) is 5.91 Å². The van der Waals surface area contributed by atoms with Crippen LogP contribution in [0.1, 0.15) is 32.0 Å². The fraction of sp³-hybridized carbons (Fsp3) is 0. The molecule has 7 nitrogen and oxygen atoms in total. The van der Waals surface area contributed by atoms with Crippen molar-refractivity contribution in [3.8, 4) is 22.9 Å². The molecule has 5 aromatic rings. The molecule has 196 valence electrons. The number of halogens is 3. The Labute approximate surface area is 250 Å². The van der Waals surface area contributed by atoms with Crippen molar-refractivity contribution in [1.29, 1.82) is 5.26 Å². The van der Waals surface area contributed by atoms with E-state index >= 15 is 0 Å². The van der Waals surface area contributed by atoms with Crippen LogP contribution >= 0.6 is 43.5 Å². The lowest BCUT2D eigenvalue weighted by molar-refractivity contribution is 0.0733. The molecule has 0 saturated carbocycles. The van der Waals surface area contributed by atoms with Crippen molar-refractivity contribution in [3.63, 3.8) is 0 Å². The first-order valence-corrected chi connectivity index (χ1v) is 13.7. The molecule has 0 unspecified atom stereocenters. The Morgan fingerprint density at radius 2 is 1.75 bits per heavy atom. The van der Waals surface area contributed by atoms with E-state index in [1.807, 2.05) is 36.4 Å². The highest BCUT2D eigenvalue weighted by molar-refractivity contribution is 9.11. The maximum Gasteiger partial charge on any atom is 0.343 e. The van der Waals surface area contributed by atoms with Crippen molar-refractivity contribution in [2.75, 3.05) is 0 Å². The number of benzene rings is 4. The van der Waals surface area contributed by atoms with E-state index in [0.29, 0.717) is 41.7 Å². The summed E-state index contributed by atoms with van der Waals surface area (Å²) < 4.78 is 6.85. The van der Waals surface area contributed by atoms with Gasteiger partial charge in [-0.25, -0.2) is 10.2 Å². The number of amides is 1. The number of H-pyrrole nitrogens is 1. The molecule has 0 aliphatic rings. The van der Waals surface area contributed by atoms with Gasteiger partial charge in [-0.3, -0.25) is 4.79 Å². The Kier molecular flexibility index (Phi) is 8.12. The summed E-state index contributed by atoms with van der Waals surface area (Å²) >= 11 is 12.8. The number of hydrogen-bond acceptors (Lipinski definition) is 5. The third kappa shape index (κ3) is 5.70. The molecule has 0 aliphatic heterocycles. The van der Waals surface area contributed by atoms with Crippen molar-refractivity contribution in [1.82, 2.24) is 10.4 Å². The van der Waals surface area contributed by atoms with E-state index in [0.717, 1.165) is 10.9 Å². The number of hydrazone groups is 1. The average molecular weight is 677 g/mol. The van der Waals surface area contributed by atoms with Gasteiger partial charge in [-0.2, -0.15) is 10.4 Å². The molecule has 4 aromatic carbocycles. The lowest BCUT2D eigenvalue weighted by Gasteiger charge is -2.11. The molecule has 0 spiro atoms. The van der Waals surface area contributed by atoms with Gasteiger partial charge in [0.15, 0.2) is 5.75 Å². The van der Waals surface area contributed by atoms with E-state index in [2.05, 4.69) is 53.4 Å². The molecule has 5 rings (SSSR count). The minimum atomic E-state index is -0.586. The van der Waals surface area contributed by atoms with E-state index in [1.54, 1.807) is 48.5 Å². The first-order valence-electron chi connectivity index (χ1n) is 11.8. The van der Waals surface area contributed by atoms with Gasteiger partial charge in [0.05, 0.1) is 27.3 Å². The van der Waals surface area contributed by atoms with Gasteiger partial charge in [0, 0.05) is 26.0 Å². The van der Waals surface area contributed by atoms with Crippen molar-refractivity contribution in [2.24, 2.45) is 5.10 Å². The fourth-order valence-electron chi connectivity index (χ4n) is 4.12. The van der Waals surface area contributed by atoms with Gasteiger partial charge in [0.1, 0.15) is 11.8 Å². The summed E-state index contributed by atoms with van der Waals surface area (Å²) in [5.41, 5.74) is 5.99. The average Bonchev–Trinajstić information content (AvgIpc) is 3.35. The predicted octanol–water partition coefficient (Wildman–Crippen LogP) is 7.87. The lowest BCUT2D eigenvalue weighted by Crippen LogP contribution is -2.19. The molecular weight excluding hydrogens is 660 g/mol. The molecule has 0 saturated heterocycles. The van der Waals surface area contributed by atoms with Crippen molar-refractivity contribution in [3.05, 3.63) is 121 Å². The van der Waals surface area contributed by atoms with Crippen LogP contribution in [0.4, 0.5) is 0 Å². The number of carbonyl (C=O) groups is 2. The monoisotopic (exact) mass is 674 g/mol. The number of para-hydroxylation sites is 1. The van der Waals surface area contributed by atoms with E-state index in [4.69, 9.17) is 16.3 Å². The topological polar surface area (TPSA) is 107 Å². The van der Waals surface area contributed by atoms with Gasteiger partial charge in [-0.05, 0) is 64.0 Å². The third-order valence-electron chi connectivity index (χ3n) is 5.93. The molecule has 0 fully saturated rings. The van der Waals surface area contributed by atoms with Crippen LogP contribution in [0.25, 0.3) is 22.0 Å². The fourth-order valence-corrected chi connectivity index (χ4v) is 5.59. The summed E-state index contributed by atoms with van der Waals surface area (Å²) in [6.45, 7) is 0. The molecule has 1 aromatic heterocycles. The third-order valence-corrected chi connectivity index (χ3v) is 7.22. The predicted molar refractivity (Wildman–Crippen MR) is 162 cm³/mol. The molecule has 1 heterocycles. The maximum absolute atomic E-state index is 13.4. The van der Waals surface area contributed by atoms with Crippen LogP contribution < -0.4 is 10.2 Å². The highest BCUT2D eigenvalue weighted by Crippen LogP contribution is 2.35. The van der Waals surface area contributed by atoms with Gasteiger partial charge >= 0.3 is 5.97 Å². The van der Waals surface area contributed by atoms with E-state index in [1.165, 1.54) is 6.21 Å². The Morgan fingerprint density at radius 1 is 1.00 bits per heavy atom. The van der Waals surface area contributed by atoms with E-state index in [-0.39, 0.29) is 11.4 Å². The van der Waals surface area contributed by atoms with Crippen molar-refractivity contribution >= 4 is 72.5 Å². The molecule has 0 aliphatic carbocycles. The minimum absolute atomic E-state index is 0.218. The molecule has 0 atom stereocenters. The van der Waals surface area contributed by atoms with Crippen LogP contribution in [0.5, 0.6) is 5.75 Å². The molecule has 0 radical (unpaired) electrons. The van der Waals surface area contributed by atoms with E-state index in [9.17, 15) is 14.9 Å². The lowest BCUT2D eigenvalue weighted by atomic mass is 10.0. The number of hydrogen-bond donors (Lipinski definition) is 2. The number of carbonyl (C=O) groups excluding carboxylic acids is 2. The number of esters is 1. The van der Waals surface area contributed by atoms with Crippen LogP contribution in [0.15, 0.2) is 99.0 Å². The highest BCUT2D eigenvalue weighted by atomic mass is 79.9. The summed E-state index contributed by atoms with van der Waals surface area (Å²) in [4.78, 5) is 29.2. The zero-order valence-electron chi connectivity index (χ0n) is 20.4. The number of nitrogens with one attached hydrogen (secondary N) is 2. The van der Waals surface area contributed by atoms with E-state index < -0.39 is 11.9 Å². The molecule has 2 N–H and O–H groups in total. The number of nitrogens with zero attached hydrogens (tertiary/aromatic N) is 2. The SMILES string of the molecule is N#Cc1cccc2c(-c3ccccc3)c(C(=O)NN=Cc3cc(Br)cc(Br)c3OC(=O)c3ccc(Cl)cc3)[nH]c12. The quantitative estimate of drug-likeness (QED) is 0.0826. The van der Waals surface area contributed by atoms with Gasteiger partial charge in [-0.15, -0.1) is 0 Å². The zero-order valence-corrected chi connectivity index (χ0v) is 24.3. The zero-order chi connectivity index (χ0) is 28.2. The van der Waals surface area contributed by atoms with Crippen molar-refractivity contribution in [2.45, 2.75) is 0 Å². The number of aromatic nitrogens is 1. The van der Waals surface area contributed by atoms with Crippen LogP contribution in [0, 0.1) is 11.3 Å². The first-order chi connectivity index (χ1) is 19.4. The Balaban J connectivity index is 1.46. The molecule has 40 heavy (non-hydrogen) atoms. The Bertz CT molecular complexity index is 1830. The second kappa shape index (κ2) is 11.9. The number of fused-ring (bicyclic) bond motifs is 1. The first kappa shape index (κ1) is 27.3. The number of ether oxygens (including phenoxy) is 1. The molecular formula is C30H17Br2ClN4O3. The van der Waals surface area contributed by atoms with Crippen LogP contribution in [-0.2, 0) is 0 Å². The van der Waals surface area contributed by atoms with Gasteiger partial charge in [-0.1, -0.05) is 70.0 Å². The summed E-state index contributed by atoms with van der Waals surface area (Å²) in [5, 5.41) is 15.0. The van der Waals surface area contributed by atoms with Crippen LogP contribution in [0.2, 0.25) is 5.02 Å². The highest BCUT2D eigenvalue weighted by Gasteiger charge is 2.21. The summed E-state index contributed by atoms with van der Waals surface area (Å²) in [5.74, 6) is -0.878. The largest absolute Gasteiger partial charge is 0.421 e. The molecule has 1 amide bonds. The molecule has 10 heteroatoms. The summed E-state index contributed by atoms with van der Waals surface area (Å²) in [6.07, 6.45) is 1.38. The Morgan fingerprint density at radius 3 is 2.48 bits per heavy atom. The van der Waals surface area contributed by atoms with Crippen LogP contribution in [-0.4, -0.2) is 23.1 Å². The van der Waals surface area contributed by atoms with Gasteiger partial charge in [0.2, 0.25) is 0 Å². The number of rotatable bonds is 6. The normalized spacial score (nSPS) is 10.9. The van der Waals surface area contributed by atoms with Crippen LogP contribution in [0.3, 0.4) is 0 Å². The second-order valence-corrected chi connectivity index (χ2v) is 10.7. The minimum Gasteiger partial charge on any atom is -0.421 e. The second-order valence-electron chi connectivity index (χ2n) is 8.48. The molecule has 0 bridgehead atoms. The number of nitriles is 1. The summed E-state index contributed by atoms with van der Waals surface area (Å²) in [7, 11) is 0. The Hall–Kier alpha value is -4.23. The maximum atomic E-state index is 13.4. The summed E-state index contributed by atoms with van der Waals surface area (Å²) in [6, 6.07) is 26.6. The van der Waals surface area contributed by atoms with Crippen molar-refractivity contribution < 1.29 is 14.3 Å². The number of aromatic amines is 1. The van der Waals surface area contributed by atoms with Gasteiger partial charge < -0.3 is 9.72 Å². The smallest absolute Gasteiger partial charge is 0.343 e.